The molecule has 2 amide bonds. The van der Waals surface area contributed by atoms with Crippen molar-refractivity contribution in [3.63, 3.8) is 0 Å². The third kappa shape index (κ3) is 3.00. The third-order valence-corrected chi connectivity index (χ3v) is 4.23. The Balaban J connectivity index is 1.60. The highest BCUT2D eigenvalue weighted by Gasteiger charge is 2.34. The molecule has 1 saturated heterocycles. The molecule has 26 heavy (non-hydrogen) atoms. The highest BCUT2D eigenvalue weighted by molar-refractivity contribution is 6.31. The number of carbonyl (C=O) groups excluding carboxylic acids is 2. The number of rotatable bonds is 3. The summed E-state index contributed by atoms with van der Waals surface area (Å²) in [6, 6.07) is 26.9. The standard InChI is InChI=1S/C22H16N2O2/c25-21-20(22(26)24(23-21)19-9-5-2-6-10-19)15-16-11-13-18(14-12-16)17-7-3-1-4-8-17/h1-15H,(H,23,25). The topological polar surface area (TPSA) is 49.4 Å². The van der Waals surface area contributed by atoms with E-state index in [2.05, 4.69) is 5.43 Å². The van der Waals surface area contributed by atoms with E-state index in [9.17, 15) is 9.59 Å². The average molecular weight is 340 g/mol. The Morgan fingerprint density at radius 2 is 1.27 bits per heavy atom. The van der Waals surface area contributed by atoms with E-state index in [1.54, 1.807) is 18.2 Å². The minimum atomic E-state index is -0.397. The second kappa shape index (κ2) is 6.69. The Hall–Kier alpha value is -3.66. The zero-order chi connectivity index (χ0) is 17.9. The van der Waals surface area contributed by atoms with Crippen LogP contribution in [-0.4, -0.2) is 11.8 Å². The summed E-state index contributed by atoms with van der Waals surface area (Å²) in [7, 11) is 0. The van der Waals surface area contributed by atoms with Crippen molar-refractivity contribution in [2.75, 3.05) is 5.01 Å². The molecule has 0 atom stereocenters. The first kappa shape index (κ1) is 15.8. The third-order valence-electron chi connectivity index (χ3n) is 4.23. The molecule has 4 heteroatoms. The predicted molar refractivity (Wildman–Crippen MR) is 102 cm³/mol. The van der Waals surface area contributed by atoms with Gasteiger partial charge in [-0.25, -0.2) is 5.01 Å². The molecule has 0 aromatic heterocycles. The molecule has 0 spiro atoms. The Morgan fingerprint density at radius 1 is 0.692 bits per heavy atom. The molecule has 0 aliphatic carbocycles. The quantitative estimate of drug-likeness (QED) is 0.582. The van der Waals surface area contributed by atoms with Crippen LogP contribution in [0.2, 0.25) is 0 Å². The highest BCUT2D eigenvalue weighted by atomic mass is 16.2. The number of amides is 2. The lowest BCUT2D eigenvalue weighted by Gasteiger charge is -2.13. The van der Waals surface area contributed by atoms with Gasteiger partial charge in [0.1, 0.15) is 5.57 Å². The minimum Gasteiger partial charge on any atom is -0.267 e. The SMILES string of the molecule is O=C1NN(c2ccccc2)C(=O)C1=Cc1ccc(-c2ccccc2)cc1. The minimum absolute atomic E-state index is 0.126. The lowest BCUT2D eigenvalue weighted by Crippen LogP contribution is -2.35. The van der Waals surface area contributed by atoms with Crippen molar-refractivity contribution in [1.82, 2.24) is 5.43 Å². The van der Waals surface area contributed by atoms with E-state index < -0.39 is 5.91 Å². The lowest BCUT2D eigenvalue weighted by molar-refractivity contribution is -0.117. The van der Waals surface area contributed by atoms with E-state index in [0.717, 1.165) is 16.7 Å². The molecule has 3 aromatic carbocycles. The van der Waals surface area contributed by atoms with Gasteiger partial charge in [0.2, 0.25) is 0 Å². The van der Waals surface area contributed by atoms with Gasteiger partial charge in [0.25, 0.3) is 11.8 Å². The van der Waals surface area contributed by atoms with Gasteiger partial charge >= 0.3 is 0 Å². The van der Waals surface area contributed by atoms with E-state index in [4.69, 9.17) is 0 Å². The molecular weight excluding hydrogens is 324 g/mol. The van der Waals surface area contributed by atoms with Crippen molar-refractivity contribution in [1.29, 1.82) is 0 Å². The van der Waals surface area contributed by atoms with Gasteiger partial charge in [0, 0.05) is 0 Å². The second-order valence-electron chi connectivity index (χ2n) is 5.96. The molecule has 4 rings (SSSR count). The molecule has 0 bridgehead atoms. The van der Waals surface area contributed by atoms with Crippen LogP contribution in [0.5, 0.6) is 0 Å². The Kier molecular flexibility index (Phi) is 4.07. The maximum Gasteiger partial charge on any atom is 0.282 e. The fourth-order valence-corrected chi connectivity index (χ4v) is 2.89. The number of anilines is 1. The van der Waals surface area contributed by atoms with Gasteiger partial charge in [-0.3, -0.25) is 15.0 Å². The highest BCUT2D eigenvalue weighted by Crippen LogP contribution is 2.23. The van der Waals surface area contributed by atoms with Crippen LogP contribution >= 0.6 is 0 Å². The van der Waals surface area contributed by atoms with Crippen molar-refractivity contribution < 1.29 is 9.59 Å². The van der Waals surface area contributed by atoms with E-state index in [-0.39, 0.29) is 11.5 Å². The van der Waals surface area contributed by atoms with E-state index >= 15 is 0 Å². The van der Waals surface area contributed by atoms with Gasteiger partial charge in [-0.15, -0.1) is 0 Å². The van der Waals surface area contributed by atoms with Gasteiger partial charge in [-0.2, -0.15) is 0 Å². The van der Waals surface area contributed by atoms with Crippen molar-refractivity contribution in [3.8, 4) is 11.1 Å². The molecular formula is C22H16N2O2. The van der Waals surface area contributed by atoms with E-state index in [1.165, 1.54) is 5.01 Å². The fourth-order valence-electron chi connectivity index (χ4n) is 2.89. The summed E-state index contributed by atoms with van der Waals surface area (Å²) in [4.78, 5) is 24.8. The summed E-state index contributed by atoms with van der Waals surface area (Å²) in [5.41, 5.74) is 6.37. The molecule has 3 aromatic rings. The number of hydrogen-bond acceptors (Lipinski definition) is 2. The van der Waals surface area contributed by atoms with Crippen LogP contribution in [0.3, 0.4) is 0 Å². The van der Waals surface area contributed by atoms with Crippen molar-refractivity contribution in [2.45, 2.75) is 0 Å². The Bertz CT molecular complexity index is 978. The number of hydrogen-bond donors (Lipinski definition) is 1. The summed E-state index contributed by atoms with van der Waals surface area (Å²) < 4.78 is 0. The molecule has 126 valence electrons. The Labute approximate surface area is 151 Å². The van der Waals surface area contributed by atoms with Crippen LogP contribution in [0.1, 0.15) is 5.56 Å². The number of carbonyl (C=O) groups is 2. The van der Waals surface area contributed by atoms with Crippen molar-refractivity contribution in [2.24, 2.45) is 0 Å². The summed E-state index contributed by atoms with van der Waals surface area (Å²) in [6.07, 6.45) is 1.62. The number of nitrogens with zero attached hydrogens (tertiary/aromatic N) is 1. The first-order valence-electron chi connectivity index (χ1n) is 8.30. The summed E-state index contributed by atoms with van der Waals surface area (Å²) in [5, 5.41) is 1.27. The first-order chi connectivity index (χ1) is 12.7. The van der Waals surface area contributed by atoms with Crippen LogP contribution in [0.15, 0.2) is 90.5 Å². The summed E-state index contributed by atoms with van der Waals surface area (Å²) in [6.45, 7) is 0. The van der Waals surface area contributed by atoms with Gasteiger partial charge < -0.3 is 0 Å². The molecule has 4 nitrogen and oxygen atoms in total. The summed E-state index contributed by atoms with van der Waals surface area (Å²) in [5.74, 6) is -0.751. The average Bonchev–Trinajstić information content (AvgIpc) is 2.98. The van der Waals surface area contributed by atoms with Gasteiger partial charge in [-0.05, 0) is 34.9 Å². The monoisotopic (exact) mass is 340 g/mol. The summed E-state index contributed by atoms with van der Waals surface area (Å²) >= 11 is 0. The van der Waals surface area contributed by atoms with E-state index in [0.29, 0.717) is 5.69 Å². The zero-order valence-electron chi connectivity index (χ0n) is 13.9. The largest absolute Gasteiger partial charge is 0.282 e. The molecule has 1 aliphatic heterocycles. The van der Waals surface area contributed by atoms with Gasteiger partial charge in [0.15, 0.2) is 0 Å². The van der Waals surface area contributed by atoms with Crippen LogP contribution in [0, 0.1) is 0 Å². The smallest absolute Gasteiger partial charge is 0.267 e. The molecule has 1 heterocycles. The van der Waals surface area contributed by atoms with Gasteiger partial charge in [0.05, 0.1) is 5.69 Å². The maximum absolute atomic E-state index is 12.6. The number of para-hydroxylation sites is 1. The normalized spacial score (nSPS) is 15.4. The van der Waals surface area contributed by atoms with E-state index in [1.807, 2.05) is 72.8 Å². The molecule has 1 N–H and O–H groups in total. The molecule has 1 aliphatic rings. The van der Waals surface area contributed by atoms with Gasteiger partial charge in [-0.1, -0.05) is 72.8 Å². The van der Waals surface area contributed by atoms with Crippen LogP contribution < -0.4 is 10.4 Å². The lowest BCUT2D eigenvalue weighted by atomic mass is 10.0. The molecule has 0 radical (unpaired) electrons. The zero-order valence-corrected chi connectivity index (χ0v) is 13.9. The predicted octanol–water partition coefficient (Wildman–Crippen LogP) is 3.82. The molecule has 0 unspecified atom stereocenters. The number of nitrogens with one attached hydrogen (secondary N) is 1. The number of hydrazine groups is 1. The van der Waals surface area contributed by atoms with Crippen LogP contribution in [0.25, 0.3) is 17.2 Å². The fraction of sp³-hybridized carbons (Fsp3) is 0. The van der Waals surface area contributed by atoms with Crippen LogP contribution in [-0.2, 0) is 9.59 Å². The van der Waals surface area contributed by atoms with Crippen molar-refractivity contribution >= 4 is 23.6 Å². The molecule has 1 fully saturated rings. The van der Waals surface area contributed by atoms with Crippen molar-refractivity contribution in [3.05, 3.63) is 96.1 Å². The van der Waals surface area contributed by atoms with Crippen LogP contribution in [0.4, 0.5) is 5.69 Å². The Morgan fingerprint density at radius 3 is 1.92 bits per heavy atom. The first-order valence-corrected chi connectivity index (χ1v) is 8.30. The molecule has 0 saturated carbocycles. The second-order valence-corrected chi connectivity index (χ2v) is 5.96. The number of benzene rings is 3. The maximum atomic E-state index is 12.6.